The number of hydrogen-bond acceptors (Lipinski definition) is 4. The molecule has 1 saturated heterocycles. The van der Waals surface area contributed by atoms with E-state index in [4.69, 9.17) is 0 Å². The third kappa shape index (κ3) is 2.60. The predicted molar refractivity (Wildman–Crippen MR) is 42.5 cm³/mol. The molecule has 0 bridgehead atoms. The Morgan fingerprint density at radius 2 is 2.67 bits per heavy atom. The summed E-state index contributed by atoms with van der Waals surface area (Å²) in [6.07, 6.45) is 0. The maximum atomic E-state index is 10.5. The van der Waals surface area contributed by atoms with Crippen molar-refractivity contribution in [1.29, 1.82) is 0 Å². The van der Waals surface area contributed by atoms with E-state index in [9.17, 15) is 4.79 Å². The number of thioether (sulfide) groups is 2. The van der Waals surface area contributed by atoms with Crippen LogP contribution in [0.3, 0.4) is 0 Å². The van der Waals surface area contributed by atoms with Crippen molar-refractivity contribution in [2.75, 3.05) is 12.3 Å². The fourth-order valence-corrected chi connectivity index (χ4v) is 2.78. The molecule has 0 aromatic rings. The van der Waals surface area contributed by atoms with Gasteiger partial charge in [-0.25, -0.2) is 0 Å². The van der Waals surface area contributed by atoms with Crippen molar-refractivity contribution in [1.82, 2.24) is 5.32 Å². The van der Waals surface area contributed by atoms with Gasteiger partial charge in [0.15, 0.2) is 5.12 Å². The second-order valence-electron chi connectivity index (χ2n) is 1.77. The van der Waals surface area contributed by atoms with Gasteiger partial charge in [0.1, 0.15) is 4.71 Å². The molecule has 1 N–H and O–H groups in total. The fourth-order valence-electron chi connectivity index (χ4n) is 0.628. The van der Waals surface area contributed by atoms with E-state index in [2.05, 4.69) is 5.32 Å². The van der Waals surface area contributed by atoms with Crippen LogP contribution >= 0.6 is 23.5 Å². The monoisotopic (exact) mass is 163 g/mol. The van der Waals surface area contributed by atoms with E-state index in [1.807, 2.05) is 0 Å². The van der Waals surface area contributed by atoms with Gasteiger partial charge in [-0.1, -0.05) is 11.8 Å². The molecule has 0 aromatic heterocycles. The summed E-state index contributed by atoms with van der Waals surface area (Å²) in [5.41, 5.74) is 0. The molecule has 4 heteroatoms. The first-order valence-electron chi connectivity index (χ1n) is 2.81. The van der Waals surface area contributed by atoms with E-state index in [0.29, 0.717) is 4.71 Å². The Balaban J connectivity index is 2.19. The Kier molecular flexibility index (Phi) is 2.88. The zero-order chi connectivity index (χ0) is 6.69. The normalized spacial score (nSPS) is 26.6. The van der Waals surface area contributed by atoms with Crippen LogP contribution in [0.2, 0.25) is 0 Å². The first-order valence-corrected chi connectivity index (χ1v) is 4.74. The van der Waals surface area contributed by atoms with Crippen LogP contribution in [0.1, 0.15) is 6.92 Å². The summed E-state index contributed by atoms with van der Waals surface area (Å²) in [7, 11) is 0. The Bertz CT molecular complexity index is 112. The maximum absolute atomic E-state index is 10.5. The number of nitrogens with one attached hydrogen (secondary N) is 1. The molecule has 1 fully saturated rings. The number of rotatable bonds is 1. The van der Waals surface area contributed by atoms with Crippen LogP contribution in [0.25, 0.3) is 0 Å². The van der Waals surface area contributed by atoms with E-state index in [1.54, 1.807) is 18.7 Å². The van der Waals surface area contributed by atoms with Crippen molar-refractivity contribution in [3.05, 3.63) is 0 Å². The zero-order valence-electron chi connectivity index (χ0n) is 5.22. The van der Waals surface area contributed by atoms with E-state index >= 15 is 0 Å². The first kappa shape index (κ1) is 7.44. The second kappa shape index (κ2) is 3.49. The summed E-state index contributed by atoms with van der Waals surface area (Å²) < 4.78 is 0.322. The van der Waals surface area contributed by atoms with Crippen LogP contribution in [0.4, 0.5) is 0 Å². The molecule has 2 nitrogen and oxygen atoms in total. The molecule has 1 aliphatic rings. The lowest BCUT2D eigenvalue weighted by Gasteiger charge is -2.03. The molecular weight excluding hydrogens is 154 g/mol. The van der Waals surface area contributed by atoms with Crippen LogP contribution in [0.15, 0.2) is 0 Å². The van der Waals surface area contributed by atoms with Crippen LogP contribution in [0.5, 0.6) is 0 Å². The largest absolute Gasteiger partial charge is 0.296 e. The quantitative estimate of drug-likeness (QED) is 0.621. The van der Waals surface area contributed by atoms with Crippen LogP contribution in [0, 0.1) is 0 Å². The molecule has 0 aromatic carbocycles. The minimum atomic E-state index is 0.196. The predicted octanol–water partition coefficient (Wildman–Crippen LogP) is 0.886. The van der Waals surface area contributed by atoms with Gasteiger partial charge in [-0.2, -0.15) is 0 Å². The second-order valence-corrected chi connectivity index (χ2v) is 4.56. The number of carbonyl (C=O) groups is 1. The minimum Gasteiger partial charge on any atom is -0.296 e. The molecule has 0 aliphatic carbocycles. The highest BCUT2D eigenvalue weighted by Gasteiger charge is 2.16. The molecule has 0 saturated carbocycles. The molecule has 1 atom stereocenters. The topological polar surface area (TPSA) is 29.1 Å². The molecule has 1 rings (SSSR count). The fraction of sp³-hybridized carbons (Fsp3) is 0.800. The summed E-state index contributed by atoms with van der Waals surface area (Å²) in [6.45, 7) is 2.64. The SMILES string of the molecule is CC(=O)SC1NCCS1. The van der Waals surface area contributed by atoms with Crippen molar-refractivity contribution < 1.29 is 4.79 Å². The number of carbonyl (C=O) groups excluding carboxylic acids is 1. The van der Waals surface area contributed by atoms with Crippen molar-refractivity contribution in [3.8, 4) is 0 Å². The van der Waals surface area contributed by atoms with Gasteiger partial charge >= 0.3 is 0 Å². The standard InChI is InChI=1S/C5H9NOS2/c1-4(7)9-5-6-2-3-8-5/h5-6H,2-3H2,1H3. The van der Waals surface area contributed by atoms with Gasteiger partial charge in [-0.15, -0.1) is 11.8 Å². The molecule has 1 unspecified atom stereocenters. The lowest BCUT2D eigenvalue weighted by Crippen LogP contribution is -2.16. The van der Waals surface area contributed by atoms with Crippen LogP contribution in [-0.4, -0.2) is 22.1 Å². The highest BCUT2D eigenvalue weighted by atomic mass is 32.2. The molecule has 1 heterocycles. The first-order chi connectivity index (χ1) is 4.29. The van der Waals surface area contributed by atoms with Crippen molar-refractivity contribution in [2.24, 2.45) is 0 Å². The summed E-state index contributed by atoms with van der Waals surface area (Å²) in [5.74, 6) is 1.13. The maximum Gasteiger partial charge on any atom is 0.188 e. The summed E-state index contributed by atoms with van der Waals surface area (Å²) >= 11 is 3.18. The van der Waals surface area contributed by atoms with Crippen LogP contribution in [-0.2, 0) is 4.79 Å². The van der Waals surface area contributed by atoms with Crippen molar-refractivity contribution >= 4 is 28.6 Å². The Morgan fingerprint density at radius 1 is 1.89 bits per heavy atom. The molecule has 0 spiro atoms. The van der Waals surface area contributed by atoms with Crippen molar-refractivity contribution in [3.63, 3.8) is 0 Å². The van der Waals surface area contributed by atoms with E-state index < -0.39 is 0 Å². The van der Waals surface area contributed by atoms with Gasteiger partial charge in [0.05, 0.1) is 0 Å². The molecule has 0 amide bonds. The van der Waals surface area contributed by atoms with Gasteiger partial charge in [-0.05, 0) is 0 Å². The van der Waals surface area contributed by atoms with Gasteiger partial charge in [0.25, 0.3) is 0 Å². The van der Waals surface area contributed by atoms with Crippen LogP contribution < -0.4 is 5.32 Å². The molecule has 0 radical (unpaired) electrons. The Hall–Kier alpha value is 0.330. The van der Waals surface area contributed by atoms with Gasteiger partial charge in [0, 0.05) is 19.2 Å². The van der Waals surface area contributed by atoms with E-state index in [1.165, 1.54) is 11.8 Å². The highest BCUT2D eigenvalue weighted by Crippen LogP contribution is 2.24. The lowest BCUT2D eigenvalue weighted by molar-refractivity contribution is -0.109. The Morgan fingerprint density at radius 3 is 3.11 bits per heavy atom. The smallest absolute Gasteiger partial charge is 0.188 e. The van der Waals surface area contributed by atoms with E-state index in [-0.39, 0.29) is 5.12 Å². The van der Waals surface area contributed by atoms with Crippen molar-refractivity contribution in [2.45, 2.75) is 11.6 Å². The average molecular weight is 163 g/mol. The van der Waals surface area contributed by atoms with E-state index in [0.717, 1.165) is 12.3 Å². The molecule has 1 aliphatic heterocycles. The third-order valence-electron chi connectivity index (χ3n) is 0.955. The van der Waals surface area contributed by atoms with Gasteiger partial charge < -0.3 is 0 Å². The van der Waals surface area contributed by atoms with Gasteiger partial charge in [-0.3, -0.25) is 10.1 Å². The average Bonchev–Trinajstić information content (AvgIpc) is 2.15. The minimum absolute atomic E-state index is 0.196. The summed E-state index contributed by atoms with van der Waals surface area (Å²) in [5, 5.41) is 3.39. The third-order valence-corrected chi connectivity index (χ3v) is 3.27. The lowest BCUT2D eigenvalue weighted by atomic mass is 10.8. The Labute approximate surface area is 63.2 Å². The number of hydrogen-bond donors (Lipinski definition) is 1. The summed E-state index contributed by atoms with van der Waals surface area (Å²) in [6, 6.07) is 0. The zero-order valence-corrected chi connectivity index (χ0v) is 6.85. The molecule has 9 heavy (non-hydrogen) atoms. The highest BCUT2D eigenvalue weighted by molar-refractivity contribution is 8.24. The molecule has 52 valence electrons. The molecular formula is C5H9NOS2. The van der Waals surface area contributed by atoms with Gasteiger partial charge in [0.2, 0.25) is 0 Å². The summed E-state index contributed by atoms with van der Waals surface area (Å²) in [4.78, 5) is 10.5.